The molecule has 1 aliphatic carbocycles. The molecule has 2 aliphatic rings. The summed E-state index contributed by atoms with van der Waals surface area (Å²) in [4.78, 5) is 17.5. The van der Waals surface area contributed by atoms with Gasteiger partial charge in [-0.05, 0) is 25.0 Å². The summed E-state index contributed by atoms with van der Waals surface area (Å²) in [7, 11) is 0. The third-order valence-electron chi connectivity index (χ3n) is 4.91. The first-order chi connectivity index (χ1) is 11.7. The number of piperazine rings is 1. The number of aliphatic hydroxyl groups is 1. The molecule has 3 heterocycles. The van der Waals surface area contributed by atoms with E-state index in [0.29, 0.717) is 11.9 Å². The molecule has 1 saturated heterocycles. The van der Waals surface area contributed by atoms with Crippen LogP contribution in [0.25, 0.3) is 0 Å². The summed E-state index contributed by atoms with van der Waals surface area (Å²) >= 11 is 0. The first-order valence-electron chi connectivity index (χ1n) is 8.41. The van der Waals surface area contributed by atoms with Crippen LogP contribution in [0.4, 0.5) is 17.5 Å². The molecule has 0 radical (unpaired) electrons. The zero-order chi connectivity index (χ0) is 16.5. The van der Waals surface area contributed by atoms with Crippen molar-refractivity contribution in [3.8, 4) is 0 Å². The van der Waals surface area contributed by atoms with E-state index in [2.05, 4.69) is 24.8 Å². The van der Waals surface area contributed by atoms with Crippen LogP contribution < -0.4 is 15.5 Å². The van der Waals surface area contributed by atoms with Gasteiger partial charge in [-0.2, -0.15) is 4.98 Å². The molecule has 2 fully saturated rings. The van der Waals surface area contributed by atoms with Crippen molar-refractivity contribution in [3.63, 3.8) is 0 Å². The number of aliphatic hydroxyl groups excluding tert-OH is 1. The first kappa shape index (κ1) is 15.1. The van der Waals surface area contributed by atoms with Crippen LogP contribution in [-0.4, -0.2) is 52.3 Å². The summed E-state index contributed by atoms with van der Waals surface area (Å²) in [6, 6.07) is 6.12. The zero-order valence-corrected chi connectivity index (χ0v) is 13.5. The van der Waals surface area contributed by atoms with E-state index in [-0.39, 0.29) is 6.10 Å². The van der Waals surface area contributed by atoms with Gasteiger partial charge in [0.25, 0.3) is 0 Å². The summed E-state index contributed by atoms with van der Waals surface area (Å²) in [6.07, 6.45) is 4.99. The maximum atomic E-state index is 9.51. The molecule has 4 rings (SSSR count). The zero-order valence-electron chi connectivity index (χ0n) is 13.5. The highest BCUT2D eigenvalue weighted by Gasteiger charge is 2.31. The third-order valence-corrected chi connectivity index (χ3v) is 4.91. The van der Waals surface area contributed by atoms with E-state index in [4.69, 9.17) is 5.73 Å². The van der Waals surface area contributed by atoms with E-state index in [1.54, 1.807) is 0 Å². The van der Waals surface area contributed by atoms with Crippen LogP contribution in [0.15, 0.2) is 30.6 Å². The Morgan fingerprint density at radius 2 is 1.67 bits per heavy atom. The summed E-state index contributed by atoms with van der Waals surface area (Å²) in [6.45, 7) is 3.66. The number of hydrogen-bond donors (Lipinski definition) is 2. The first-order valence-corrected chi connectivity index (χ1v) is 8.41. The van der Waals surface area contributed by atoms with Crippen LogP contribution in [0.5, 0.6) is 0 Å². The van der Waals surface area contributed by atoms with Gasteiger partial charge in [-0.15, -0.1) is 0 Å². The van der Waals surface area contributed by atoms with E-state index in [0.717, 1.165) is 50.5 Å². The number of hydrogen-bond acceptors (Lipinski definition) is 7. The highest BCUT2D eigenvalue weighted by atomic mass is 16.3. The summed E-state index contributed by atoms with van der Waals surface area (Å²) in [5, 5.41) is 9.51. The number of nitrogens with zero attached hydrogens (tertiary/aromatic N) is 5. The summed E-state index contributed by atoms with van der Waals surface area (Å²) in [5.41, 5.74) is 8.07. The smallest absolute Gasteiger partial charge is 0.222 e. The van der Waals surface area contributed by atoms with Crippen molar-refractivity contribution in [2.24, 2.45) is 0 Å². The quantitative estimate of drug-likeness (QED) is 0.870. The molecular weight excluding hydrogens is 304 g/mol. The van der Waals surface area contributed by atoms with Gasteiger partial charge < -0.3 is 20.6 Å². The van der Waals surface area contributed by atoms with E-state index in [9.17, 15) is 5.11 Å². The van der Waals surface area contributed by atoms with Crippen molar-refractivity contribution in [2.45, 2.75) is 24.9 Å². The molecule has 7 nitrogen and oxygen atoms in total. The second-order valence-electron chi connectivity index (χ2n) is 6.51. The molecule has 24 heavy (non-hydrogen) atoms. The lowest BCUT2D eigenvalue weighted by atomic mass is 9.80. The minimum absolute atomic E-state index is 0.196. The molecule has 126 valence electrons. The molecule has 2 aromatic rings. The standard InChI is InChI=1S/C17H22N6O/c18-17-20-15(12-9-14(24)10-12)11-16(21-17)23-7-5-22(6-8-23)13-1-3-19-4-2-13/h1-4,11-12,14,24H,5-10H2,(H2,18,20,21). The molecule has 0 unspecified atom stereocenters. The number of pyridine rings is 1. The van der Waals surface area contributed by atoms with Gasteiger partial charge in [-0.1, -0.05) is 0 Å². The van der Waals surface area contributed by atoms with Gasteiger partial charge in [0.05, 0.1) is 11.8 Å². The molecule has 0 spiro atoms. The second kappa shape index (κ2) is 6.24. The fourth-order valence-corrected chi connectivity index (χ4v) is 3.42. The van der Waals surface area contributed by atoms with Gasteiger partial charge >= 0.3 is 0 Å². The largest absolute Gasteiger partial charge is 0.393 e. The monoisotopic (exact) mass is 326 g/mol. The van der Waals surface area contributed by atoms with Crippen molar-refractivity contribution < 1.29 is 5.11 Å². The van der Waals surface area contributed by atoms with Crippen molar-refractivity contribution in [3.05, 3.63) is 36.3 Å². The molecule has 2 aromatic heterocycles. The minimum atomic E-state index is -0.196. The Balaban J connectivity index is 1.45. The fraction of sp³-hybridized carbons (Fsp3) is 0.471. The number of anilines is 3. The summed E-state index contributed by atoms with van der Waals surface area (Å²) < 4.78 is 0. The van der Waals surface area contributed by atoms with E-state index < -0.39 is 0 Å². The molecule has 0 amide bonds. The van der Waals surface area contributed by atoms with Crippen molar-refractivity contribution in [1.29, 1.82) is 0 Å². The lowest BCUT2D eigenvalue weighted by molar-refractivity contribution is 0.0732. The maximum Gasteiger partial charge on any atom is 0.222 e. The Hall–Kier alpha value is -2.41. The highest BCUT2D eigenvalue weighted by molar-refractivity contribution is 5.50. The lowest BCUT2D eigenvalue weighted by Crippen LogP contribution is -2.47. The van der Waals surface area contributed by atoms with Crippen LogP contribution in [0, 0.1) is 0 Å². The van der Waals surface area contributed by atoms with Gasteiger partial charge in [-0.3, -0.25) is 4.98 Å². The molecular formula is C17H22N6O. The Morgan fingerprint density at radius 3 is 2.33 bits per heavy atom. The summed E-state index contributed by atoms with van der Waals surface area (Å²) in [5.74, 6) is 1.52. The van der Waals surface area contributed by atoms with Gasteiger partial charge in [0, 0.05) is 56.2 Å². The average molecular weight is 326 g/mol. The number of aromatic nitrogens is 3. The van der Waals surface area contributed by atoms with Crippen LogP contribution in [0.2, 0.25) is 0 Å². The van der Waals surface area contributed by atoms with Gasteiger partial charge in [-0.25, -0.2) is 4.98 Å². The highest BCUT2D eigenvalue weighted by Crippen LogP contribution is 2.37. The fourth-order valence-electron chi connectivity index (χ4n) is 3.42. The topological polar surface area (TPSA) is 91.4 Å². The Bertz CT molecular complexity index is 695. The Labute approximate surface area is 141 Å². The molecule has 0 aromatic carbocycles. The molecule has 3 N–H and O–H groups in total. The van der Waals surface area contributed by atoms with Crippen LogP contribution in [0.3, 0.4) is 0 Å². The average Bonchev–Trinajstić information content (AvgIpc) is 2.59. The van der Waals surface area contributed by atoms with Crippen molar-refractivity contribution in [1.82, 2.24) is 15.0 Å². The maximum absolute atomic E-state index is 9.51. The molecule has 1 aliphatic heterocycles. The van der Waals surface area contributed by atoms with Crippen LogP contribution >= 0.6 is 0 Å². The predicted octanol–water partition coefficient (Wildman–Crippen LogP) is 1.02. The second-order valence-corrected chi connectivity index (χ2v) is 6.51. The molecule has 1 saturated carbocycles. The van der Waals surface area contributed by atoms with Gasteiger partial charge in [0.2, 0.25) is 5.95 Å². The predicted molar refractivity (Wildman–Crippen MR) is 93.1 cm³/mol. The minimum Gasteiger partial charge on any atom is -0.393 e. The third kappa shape index (κ3) is 2.99. The lowest BCUT2D eigenvalue weighted by Gasteiger charge is -2.37. The molecule has 7 heteroatoms. The Morgan fingerprint density at radius 1 is 1.00 bits per heavy atom. The number of nitrogens with two attached hydrogens (primary N) is 1. The number of nitrogen functional groups attached to an aromatic ring is 1. The Kier molecular flexibility index (Phi) is 3.93. The molecule has 0 atom stereocenters. The SMILES string of the molecule is Nc1nc(C2CC(O)C2)cc(N2CCN(c3ccncc3)CC2)n1. The van der Waals surface area contributed by atoms with E-state index >= 15 is 0 Å². The van der Waals surface area contributed by atoms with E-state index in [1.807, 2.05) is 30.6 Å². The number of rotatable bonds is 3. The normalized spacial score (nSPS) is 23.9. The van der Waals surface area contributed by atoms with Crippen LogP contribution in [-0.2, 0) is 0 Å². The van der Waals surface area contributed by atoms with E-state index in [1.165, 1.54) is 5.69 Å². The van der Waals surface area contributed by atoms with Gasteiger partial charge in [0.1, 0.15) is 5.82 Å². The van der Waals surface area contributed by atoms with Crippen LogP contribution in [0.1, 0.15) is 24.5 Å². The molecule has 0 bridgehead atoms. The van der Waals surface area contributed by atoms with Crippen molar-refractivity contribution >= 4 is 17.5 Å². The van der Waals surface area contributed by atoms with Crippen molar-refractivity contribution in [2.75, 3.05) is 41.7 Å². The van der Waals surface area contributed by atoms with Gasteiger partial charge in [0.15, 0.2) is 0 Å².